The minimum Gasteiger partial charge on any atom is -0.481 e. The number of allylic oxidation sites excluding steroid dienone is 1. The number of aliphatic carboxylic acids is 1. The van der Waals surface area contributed by atoms with E-state index >= 15 is 0 Å². The molecule has 0 saturated carbocycles. The lowest BCUT2D eigenvalue weighted by molar-refractivity contribution is -0.137. The molecular formula is C6H9BrO2. The SMILES string of the molecule is C=C(Br)CCCC(=O)O. The van der Waals surface area contributed by atoms with E-state index < -0.39 is 5.97 Å². The van der Waals surface area contributed by atoms with E-state index in [1.807, 2.05) is 0 Å². The molecule has 3 heteroatoms. The molecule has 0 atom stereocenters. The molecule has 0 aliphatic rings. The summed E-state index contributed by atoms with van der Waals surface area (Å²) in [6, 6.07) is 0. The van der Waals surface area contributed by atoms with Crippen molar-refractivity contribution in [1.29, 1.82) is 0 Å². The molecule has 0 unspecified atom stereocenters. The summed E-state index contributed by atoms with van der Waals surface area (Å²) in [5.41, 5.74) is 0. The fraction of sp³-hybridized carbons (Fsp3) is 0.500. The average molecular weight is 193 g/mol. The normalized spacial score (nSPS) is 9.00. The molecule has 9 heavy (non-hydrogen) atoms. The van der Waals surface area contributed by atoms with Crippen molar-refractivity contribution in [3.05, 3.63) is 11.1 Å². The average Bonchev–Trinajstić information content (AvgIpc) is 1.63. The molecule has 0 rings (SSSR count). The third-order valence-corrected chi connectivity index (χ3v) is 1.24. The molecule has 0 fully saturated rings. The number of hydrogen-bond acceptors (Lipinski definition) is 1. The molecule has 0 aliphatic carbocycles. The highest BCUT2D eigenvalue weighted by Gasteiger charge is 1.95. The van der Waals surface area contributed by atoms with Crippen molar-refractivity contribution in [2.75, 3.05) is 0 Å². The highest BCUT2D eigenvalue weighted by atomic mass is 79.9. The van der Waals surface area contributed by atoms with Gasteiger partial charge in [0.15, 0.2) is 0 Å². The second-order valence-corrected chi connectivity index (χ2v) is 2.89. The van der Waals surface area contributed by atoms with Crippen molar-refractivity contribution in [3.8, 4) is 0 Å². The van der Waals surface area contributed by atoms with Gasteiger partial charge in [-0.25, -0.2) is 0 Å². The molecule has 0 aliphatic heterocycles. The van der Waals surface area contributed by atoms with Gasteiger partial charge in [-0.05, 0) is 17.3 Å². The second-order valence-electron chi connectivity index (χ2n) is 1.76. The van der Waals surface area contributed by atoms with Crippen LogP contribution < -0.4 is 0 Å². The van der Waals surface area contributed by atoms with Crippen LogP contribution in [-0.2, 0) is 4.79 Å². The molecule has 0 spiro atoms. The lowest BCUT2D eigenvalue weighted by atomic mass is 10.2. The lowest BCUT2D eigenvalue weighted by Crippen LogP contribution is -1.92. The van der Waals surface area contributed by atoms with Gasteiger partial charge in [0.1, 0.15) is 0 Å². The van der Waals surface area contributed by atoms with E-state index in [0.717, 1.165) is 10.9 Å². The zero-order valence-electron chi connectivity index (χ0n) is 5.06. The van der Waals surface area contributed by atoms with Crippen molar-refractivity contribution in [3.63, 3.8) is 0 Å². The van der Waals surface area contributed by atoms with Crippen LogP contribution in [0.1, 0.15) is 19.3 Å². The zero-order chi connectivity index (χ0) is 7.28. The Kier molecular flexibility index (Phi) is 4.40. The van der Waals surface area contributed by atoms with E-state index in [2.05, 4.69) is 22.5 Å². The van der Waals surface area contributed by atoms with E-state index in [0.29, 0.717) is 6.42 Å². The summed E-state index contributed by atoms with van der Waals surface area (Å²) >= 11 is 3.14. The van der Waals surface area contributed by atoms with Crippen LogP contribution in [0, 0.1) is 0 Å². The van der Waals surface area contributed by atoms with Crippen LogP contribution >= 0.6 is 15.9 Å². The van der Waals surface area contributed by atoms with Crippen molar-refractivity contribution >= 4 is 21.9 Å². The molecule has 0 aromatic carbocycles. The maximum Gasteiger partial charge on any atom is 0.303 e. The summed E-state index contributed by atoms with van der Waals surface area (Å²) < 4.78 is 0.865. The first-order valence-corrected chi connectivity index (χ1v) is 3.47. The monoisotopic (exact) mass is 192 g/mol. The Balaban J connectivity index is 3.10. The van der Waals surface area contributed by atoms with Gasteiger partial charge in [-0.2, -0.15) is 0 Å². The van der Waals surface area contributed by atoms with Crippen LogP contribution in [0.4, 0.5) is 0 Å². The number of halogens is 1. The van der Waals surface area contributed by atoms with Crippen molar-refractivity contribution in [1.82, 2.24) is 0 Å². The number of hydrogen-bond donors (Lipinski definition) is 1. The van der Waals surface area contributed by atoms with Gasteiger partial charge in [-0.1, -0.05) is 22.5 Å². The molecule has 0 amide bonds. The number of carboxylic acids is 1. The molecule has 52 valence electrons. The third-order valence-electron chi connectivity index (χ3n) is 0.839. The van der Waals surface area contributed by atoms with Crippen molar-refractivity contribution < 1.29 is 9.90 Å². The zero-order valence-corrected chi connectivity index (χ0v) is 6.65. The standard InChI is InChI=1S/C6H9BrO2/c1-5(7)3-2-4-6(8)9/h1-4H2,(H,8,9). The summed E-state index contributed by atoms with van der Waals surface area (Å²) in [5, 5.41) is 8.18. The van der Waals surface area contributed by atoms with E-state index in [1.54, 1.807) is 0 Å². The largest absolute Gasteiger partial charge is 0.481 e. The Morgan fingerprint density at radius 3 is 2.44 bits per heavy atom. The number of carboxylic acid groups (broad SMARTS) is 1. The predicted octanol–water partition coefficient (Wildman–Crippen LogP) is 2.15. The predicted molar refractivity (Wildman–Crippen MR) is 39.6 cm³/mol. The van der Waals surface area contributed by atoms with Crippen molar-refractivity contribution in [2.45, 2.75) is 19.3 Å². The summed E-state index contributed by atoms with van der Waals surface area (Å²) in [6.07, 6.45) is 1.64. The van der Waals surface area contributed by atoms with Crippen LogP contribution in [0.15, 0.2) is 11.1 Å². The first-order chi connectivity index (χ1) is 4.13. The molecule has 2 nitrogen and oxygen atoms in total. The van der Waals surface area contributed by atoms with Crippen LogP contribution in [0.3, 0.4) is 0 Å². The lowest BCUT2D eigenvalue weighted by Gasteiger charge is -1.92. The second kappa shape index (κ2) is 4.56. The maximum atomic E-state index is 9.94. The number of rotatable bonds is 4. The van der Waals surface area contributed by atoms with Crippen LogP contribution in [0.25, 0.3) is 0 Å². The van der Waals surface area contributed by atoms with Gasteiger partial charge in [0.2, 0.25) is 0 Å². The Hall–Kier alpha value is -0.310. The number of carbonyl (C=O) groups is 1. The summed E-state index contributed by atoms with van der Waals surface area (Å²) in [4.78, 5) is 9.94. The highest BCUT2D eigenvalue weighted by molar-refractivity contribution is 9.11. The highest BCUT2D eigenvalue weighted by Crippen LogP contribution is 2.10. The molecule has 1 N–H and O–H groups in total. The summed E-state index contributed by atoms with van der Waals surface area (Å²) in [7, 11) is 0. The maximum absolute atomic E-state index is 9.94. The van der Waals surface area contributed by atoms with Gasteiger partial charge in [-0.15, -0.1) is 0 Å². The molecule has 0 heterocycles. The molecule has 0 aromatic heterocycles. The van der Waals surface area contributed by atoms with Crippen LogP contribution in [0.2, 0.25) is 0 Å². The molecule has 0 bridgehead atoms. The Labute approximate surface area is 62.7 Å². The molecular weight excluding hydrogens is 184 g/mol. The smallest absolute Gasteiger partial charge is 0.303 e. The Morgan fingerprint density at radius 2 is 2.11 bits per heavy atom. The van der Waals surface area contributed by atoms with Gasteiger partial charge >= 0.3 is 5.97 Å². The minimum atomic E-state index is -0.747. The van der Waals surface area contributed by atoms with Gasteiger partial charge in [0, 0.05) is 6.42 Å². The molecule has 0 saturated heterocycles. The Morgan fingerprint density at radius 1 is 1.56 bits per heavy atom. The van der Waals surface area contributed by atoms with Crippen molar-refractivity contribution in [2.24, 2.45) is 0 Å². The third kappa shape index (κ3) is 7.69. The van der Waals surface area contributed by atoms with E-state index in [-0.39, 0.29) is 6.42 Å². The van der Waals surface area contributed by atoms with E-state index in [1.165, 1.54) is 0 Å². The minimum absolute atomic E-state index is 0.227. The molecule has 0 aromatic rings. The topological polar surface area (TPSA) is 37.3 Å². The first kappa shape index (κ1) is 8.69. The van der Waals surface area contributed by atoms with Gasteiger partial charge in [0.05, 0.1) is 0 Å². The van der Waals surface area contributed by atoms with Gasteiger partial charge < -0.3 is 5.11 Å². The fourth-order valence-electron chi connectivity index (χ4n) is 0.431. The quantitative estimate of drug-likeness (QED) is 0.742. The van der Waals surface area contributed by atoms with E-state index in [9.17, 15) is 4.79 Å². The summed E-state index contributed by atoms with van der Waals surface area (Å²) in [6.45, 7) is 3.58. The van der Waals surface area contributed by atoms with Gasteiger partial charge in [0.25, 0.3) is 0 Å². The van der Waals surface area contributed by atoms with Crippen LogP contribution in [-0.4, -0.2) is 11.1 Å². The molecule has 0 radical (unpaired) electrons. The Bertz CT molecular complexity index is 106. The first-order valence-electron chi connectivity index (χ1n) is 2.68. The van der Waals surface area contributed by atoms with Crippen LogP contribution in [0.5, 0.6) is 0 Å². The fourth-order valence-corrected chi connectivity index (χ4v) is 0.712. The van der Waals surface area contributed by atoms with Gasteiger partial charge in [-0.3, -0.25) is 4.79 Å². The summed E-state index contributed by atoms with van der Waals surface area (Å²) in [5.74, 6) is -0.747. The van der Waals surface area contributed by atoms with E-state index in [4.69, 9.17) is 5.11 Å².